The Morgan fingerprint density at radius 3 is 2.86 bits per heavy atom. The first-order chi connectivity index (χ1) is 17.6. The fraction of sp³-hybridized carbons (Fsp3) is 0.240. The van der Waals surface area contributed by atoms with E-state index < -0.39 is 6.09 Å². The molecule has 1 amide bonds. The van der Waals surface area contributed by atoms with Gasteiger partial charge in [-0.05, 0) is 48.4 Å². The van der Waals surface area contributed by atoms with Crippen molar-refractivity contribution >= 4 is 34.6 Å². The van der Waals surface area contributed by atoms with Crippen LogP contribution in [-0.4, -0.2) is 50.1 Å². The summed E-state index contributed by atoms with van der Waals surface area (Å²) in [7, 11) is 0. The molecule has 182 valence electrons. The van der Waals surface area contributed by atoms with Crippen molar-refractivity contribution in [1.82, 2.24) is 29.6 Å². The van der Waals surface area contributed by atoms with E-state index in [0.717, 1.165) is 25.2 Å². The maximum absolute atomic E-state index is 13.2. The Labute approximate surface area is 206 Å². The number of hydrogen-bond acceptors (Lipinski definition) is 8. The molecule has 2 aliphatic rings. The van der Waals surface area contributed by atoms with Crippen molar-refractivity contribution in [2.24, 2.45) is 0 Å². The fourth-order valence-electron chi connectivity index (χ4n) is 4.58. The van der Waals surface area contributed by atoms with Crippen molar-refractivity contribution in [3.05, 3.63) is 76.7 Å². The van der Waals surface area contributed by atoms with Crippen LogP contribution in [0.1, 0.15) is 11.1 Å². The number of ether oxygens (including phenoxy) is 1. The molecule has 0 radical (unpaired) electrons. The third kappa shape index (κ3) is 3.79. The molecule has 0 spiro atoms. The fourth-order valence-corrected chi connectivity index (χ4v) is 4.58. The molecular formula is C25H24N8O3. The van der Waals surface area contributed by atoms with Gasteiger partial charge in [-0.2, -0.15) is 4.98 Å². The van der Waals surface area contributed by atoms with E-state index in [1.807, 2.05) is 6.07 Å². The van der Waals surface area contributed by atoms with Crippen LogP contribution in [0.4, 0.5) is 22.2 Å². The first-order valence-electron chi connectivity index (χ1n) is 11.7. The summed E-state index contributed by atoms with van der Waals surface area (Å²) >= 11 is 0. The summed E-state index contributed by atoms with van der Waals surface area (Å²) in [5, 5.41) is 7.00. The highest BCUT2D eigenvalue weighted by Gasteiger charge is 2.26. The van der Waals surface area contributed by atoms with Gasteiger partial charge in [-0.15, -0.1) is 6.58 Å². The second kappa shape index (κ2) is 8.93. The minimum atomic E-state index is -0.449. The second-order valence-corrected chi connectivity index (χ2v) is 8.57. The summed E-state index contributed by atoms with van der Waals surface area (Å²) in [5.41, 5.74) is 3.57. The monoisotopic (exact) mass is 484 g/mol. The highest BCUT2D eigenvalue weighted by molar-refractivity contribution is 5.88. The molecule has 0 unspecified atom stereocenters. The maximum Gasteiger partial charge on any atom is 0.415 e. The van der Waals surface area contributed by atoms with Gasteiger partial charge in [0, 0.05) is 18.4 Å². The molecule has 6 rings (SSSR count). The molecule has 0 atom stereocenters. The molecule has 0 bridgehead atoms. The molecule has 11 heteroatoms. The molecule has 2 aliphatic heterocycles. The van der Waals surface area contributed by atoms with Crippen molar-refractivity contribution in [2.45, 2.75) is 19.5 Å². The molecule has 1 aromatic carbocycles. The first kappa shape index (κ1) is 22.0. The Bertz CT molecular complexity index is 1560. The van der Waals surface area contributed by atoms with E-state index in [4.69, 9.17) is 4.74 Å². The molecule has 0 aliphatic carbocycles. The zero-order valence-electron chi connectivity index (χ0n) is 19.5. The lowest BCUT2D eigenvalue weighted by molar-refractivity contribution is 0.181. The standard InChI is InChI=1S/C25H24N8O3/c1-2-10-32-23(34)19-15-27-24(28-18-7-6-16-8-9-26-14-17(16)13-18)30-22(19)33(32)21-5-3-4-20(29-21)31-11-12-36-25(31)35/h2-7,13,15,26H,1,8-12,14H2,(H,27,28,30). The molecule has 2 N–H and O–H groups in total. The minimum Gasteiger partial charge on any atom is -0.447 e. The van der Waals surface area contributed by atoms with E-state index in [1.165, 1.54) is 26.9 Å². The Hall–Kier alpha value is -4.51. The average Bonchev–Trinajstić information content (AvgIpc) is 3.45. The SMILES string of the molecule is C=CCn1c(=O)c2cnc(Nc3ccc4c(c3)CNCC4)nc2n1-c1cccc(N2CCOC2=O)n1. The zero-order chi connectivity index (χ0) is 24.6. The number of carbonyl (C=O) groups is 1. The van der Waals surface area contributed by atoms with Gasteiger partial charge in [-0.3, -0.25) is 9.69 Å². The van der Waals surface area contributed by atoms with Crippen molar-refractivity contribution in [3.63, 3.8) is 0 Å². The van der Waals surface area contributed by atoms with Crippen LogP contribution in [0.2, 0.25) is 0 Å². The van der Waals surface area contributed by atoms with E-state index in [2.05, 4.69) is 44.3 Å². The van der Waals surface area contributed by atoms with Crippen LogP contribution >= 0.6 is 0 Å². The van der Waals surface area contributed by atoms with Crippen molar-refractivity contribution in [2.75, 3.05) is 29.9 Å². The quantitative estimate of drug-likeness (QED) is 0.401. The molecular weight excluding hydrogens is 460 g/mol. The number of rotatable bonds is 6. The van der Waals surface area contributed by atoms with E-state index in [-0.39, 0.29) is 12.1 Å². The molecule has 36 heavy (non-hydrogen) atoms. The number of amides is 1. The summed E-state index contributed by atoms with van der Waals surface area (Å²) in [6.45, 7) is 6.54. The second-order valence-electron chi connectivity index (χ2n) is 8.57. The smallest absolute Gasteiger partial charge is 0.415 e. The van der Waals surface area contributed by atoms with Crippen molar-refractivity contribution in [1.29, 1.82) is 0 Å². The minimum absolute atomic E-state index is 0.243. The molecule has 1 saturated heterocycles. The number of hydrogen-bond donors (Lipinski definition) is 2. The van der Waals surface area contributed by atoms with E-state index in [0.29, 0.717) is 41.8 Å². The predicted octanol–water partition coefficient (Wildman–Crippen LogP) is 2.51. The lowest BCUT2D eigenvalue weighted by Crippen LogP contribution is -2.26. The van der Waals surface area contributed by atoms with Gasteiger partial charge in [0.25, 0.3) is 5.56 Å². The van der Waals surface area contributed by atoms with Gasteiger partial charge in [0.1, 0.15) is 17.8 Å². The number of carbonyl (C=O) groups excluding carboxylic acids is 1. The summed E-state index contributed by atoms with van der Waals surface area (Å²) < 4.78 is 8.18. The van der Waals surface area contributed by atoms with Crippen LogP contribution < -0.4 is 21.1 Å². The molecule has 5 heterocycles. The lowest BCUT2D eigenvalue weighted by Gasteiger charge is -2.18. The maximum atomic E-state index is 13.2. The number of benzene rings is 1. The number of cyclic esters (lactones) is 1. The van der Waals surface area contributed by atoms with Gasteiger partial charge in [0.2, 0.25) is 5.95 Å². The number of nitrogens with zero attached hydrogens (tertiary/aromatic N) is 6. The third-order valence-corrected chi connectivity index (χ3v) is 6.30. The van der Waals surface area contributed by atoms with Crippen LogP contribution in [-0.2, 0) is 24.2 Å². The van der Waals surface area contributed by atoms with Crippen LogP contribution in [0.5, 0.6) is 0 Å². The average molecular weight is 485 g/mol. The zero-order valence-corrected chi connectivity index (χ0v) is 19.5. The van der Waals surface area contributed by atoms with Gasteiger partial charge in [-0.1, -0.05) is 18.2 Å². The molecule has 11 nitrogen and oxygen atoms in total. The Balaban J connectivity index is 1.44. The van der Waals surface area contributed by atoms with Crippen molar-refractivity contribution in [3.8, 4) is 5.82 Å². The van der Waals surface area contributed by atoms with Gasteiger partial charge >= 0.3 is 6.09 Å². The topological polar surface area (TPSA) is 119 Å². The first-order valence-corrected chi connectivity index (χ1v) is 11.7. The van der Waals surface area contributed by atoms with Crippen LogP contribution in [0.3, 0.4) is 0 Å². The van der Waals surface area contributed by atoms with Crippen LogP contribution in [0.15, 0.2) is 60.0 Å². The van der Waals surface area contributed by atoms with Crippen LogP contribution in [0, 0.1) is 0 Å². The molecule has 1 fully saturated rings. The van der Waals surface area contributed by atoms with Gasteiger partial charge < -0.3 is 15.4 Å². The number of pyridine rings is 1. The summed E-state index contributed by atoms with van der Waals surface area (Å²) in [6.07, 6.45) is 3.70. The lowest BCUT2D eigenvalue weighted by atomic mass is 10.0. The molecule has 4 aromatic rings. The number of fused-ring (bicyclic) bond motifs is 2. The Morgan fingerprint density at radius 1 is 1.14 bits per heavy atom. The van der Waals surface area contributed by atoms with Crippen molar-refractivity contribution < 1.29 is 9.53 Å². The Morgan fingerprint density at radius 2 is 2.03 bits per heavy atom. The highest BCUT2D eigenvalue weighted by atomic mass is 16.6. The van der Waals surface area contributed by atoms with Crippen LogP contribution in [0.25, 0.3) is 16.9 Å². The number of nitrogens with one attached hydrogen (secondary N) is 2. The van der Waals surface area contributed by atoms with Gasteiger partial charge in [-0.25, -0.2) is 24.1 Å². The molecule has 3 aromatic heterocycles. The van der Waals surface area contributed by atoms with E-state index >= 15 is 0 Å². The van der Waals surface area contributed by atoms with Gasteiger partial charge in [0.15, 0.2) is 11.5 Å². The number of aromatic nitrogens is 5. The third-order valence-electron chi connectivity index (χ3n) is 6.30. The number of anilines is 3. The van der Waals surface area contributed by atoms with E-state index in [9.17, 15) is 9.59 Å². The highest BCUT2D eigenvalue weighted by Crippen LogP contribution is 2.23. The normalized spacial score (nSPS) is 15.1. The largest absolute Gasteiger partial charge is 0.447 e. The Kier molecular flexibility index (Phi) is 5.45. The van der Waals surface area contributed by atoms with Gasteiger partial charge in [0.05, 0.1) is 13.1 Å². The number of allylic oxidation sites excluding steroid dienone is 1. The predicted molar refractivity (Wildman–Crippen MR) is 135 cm³/mol. The summed E-state index contributed by atoms with van der Waals surface area (Å²) in [4.78, 5) is 40.5. The molecule has 0 saturated carbocycles. The summed E-state index contributed by atoms with van der Waals surface area (Å²) in [5.74, 6) is 1.23. The van der Waals surface area contributed by atoms with E-state index in [1.54, 1.807) is 29.0 Å². The summed E-state index contributed by atoms with van der Waals surface area (Å²) in [6, 6.07) is 11.5.